The fourth-order valence-corrected chi connectivity index (χ4v) is 2.44. The van der Waals surface area contributed by atoms with E-state index in [9.17, 15) is 4.79 Å². The van der Waals surface area contributed by atoms with Gasteiger partial charge in [-0.3, -0.25) is 9.79 Å². The molecule has 0 spiro atoms. The first-order chi connectivity index (χ1) is 11.9. The van der Waals surface area contributed by atoms with E-state index in [1.54, 1.807) is 23.9 Å². The molecule has 0 saturated heterocycles. The molecule has 0 aliphatic carbocycles. The van der Waals surface area contributed by atoms with E-state index in [1.807, 2.05) is 7.05 Å². The third kappa shape index (κ3) is 5.10. The number of carbonyl (C=O) groups excluding carboxylic acids is 1. The topological polar surface area (TPSA) is 98.4 Å². The van der Waals surface area contributed by atoms with E-state index in [1.165, 1.54) is 11.8 Å². The average molecular weight is 388 g/mol. The Morgan fingerprint density at radius 1 is 1.36 bits per heavy atom. The van der Waals surface area contributed by atoms with Crippen molar-refractivity contribution in [2.24, 2.45) is 12.0 Å². The maximum Gasteiger partial charge on any atom is 0.327 e. The van der Waals surface area contributed by atoms with E-state index in [-0.39, 0.29) is 12.5 Å². The Morgan fingerprint density at radius 3 is 2.68 bits per heavy atom. The second-order valence-electron chi connectivity index (χ2n) is 5.10. The molecule has 9 nitrogen and oxygen atoms in total. The zero-order valence-electron chi connectivity index (χ0n) is 14.1. The SMILES string of the molecule is CN=C(NCc1cn(CC(=O)OC)nn1)NCc1cc(Cl)c(Cl)n1C. The summed E-state index contributed by atoms with van der Waals surface area (Å²) < 4.78 is 7.78. The molecule has 0 aromatic carbocycles. The predicted molar refractivity (Wildman–Crippen MR) is 94.5 cm³/mol. The Bertz CT molecular complexity index is 769. The van der Waals surface area contributed by atoms with Gasteiger partial charge >= 0.3 is 5.97 Å². The molecule has 0 unspecified atom stereocenters. The van der Waals surface area contributed by atoms with E-state index >= 15 is 0 Å². The molecule has 0 atom stereocenters. The maximum absolute atomic E-state index is 11.2. The molecule has 0 radical (unpaired) electrons. The Kier molecular flexibility index (Phi) is 6.65. The van der Waals surface area contributed by atoms with Gasteiger partial charge in [-0.05, 0) is 6.07 Å². The van der Waals surface area contributed by atoms with Crippen molar-refractivity contribution in [3.05, 3.63) is 33.8 Å². The van der Waals surface area contributed by atoms with Crippen LogP contribution in [0.3, 0.4) is 0 Å². The van der Waals surface area contributed by atoms with Crippen molar-refractivity contribution < 1.29 is 9.53 Å². The molecule has 11 heteroatoms. The fraction of sp³-hybridized carbons (Fsp3) is 0.429. The number of hydrogen-bond donors (Lipinski definition) is 2. The van der Waals surface area contributed by atoms with Crippen LogP contribution < -0.4 is 10.6 Å². The number of nitrogens with one attached hydrogen (secondary N) is 2. The molecule has 2 rings (SSSR count). The molecule has 0 amide bonds. The van der Waals surface area contributed by atoms with Crippen LogP contribution in [-0.4, -0.2) is 45.6 Å². The third-order valence-electron chi connectivity index (χ3n) is 3.42. The Labute approximate surface area is 154 Å². The largest absolute Gasteiger partial charge is 0.468 e. The lowest BCUT2D eigenvalue weighted by atomic mass is 10.4. The average Bonchev–Trinajstić information content (AvgIpc) is 3.15. The highest BCUT2D eigenvalue weighted by Crippen LogP contribution is 2.24. The monoisotopic (exact) mass is 387 g/mol. The number of guanidine groups is 1. The number of hydrogen-bond acceptors (Lipinski definition) is 5. The summed E-state index contributed by atoms with van der Waals surface area (Å²) in [5, 5.41) is 15.1. The lowest BCUT2D eigenvalue weighted by Crippen LogP contribution is -2.36. The number of carbonyl (C=O) groups is 1. The second kappa shape index (κ2) is 8.72. The first kappa shape index (κ1) is 19.1. The number of ether oxygens (including phenoxy) is 1. The normalized spacial score (nSPS) is 11.5. The molecular weight excluding hydrogens is 369 g/mol. The van der Waals surface area contributed by atoms with Crippen LogP contribution in [0, 0.1) is 0 Å². The van der Waals surface area contributed by atoms with Gasteiger partial charge in [-0.2, -0.15) is 0 Å². The summed E-state index contributed by atoms with van der Waals surface area (Å²) in [6.07, 6.45) is 1.66. The summed E-state index contributed by atoms with van der Waals surface area (Å²) in [6, 6.07) is 1.79. The lowest BCUT2D eigenvalue weighted by molar-refractivity contribution is -0.141. The van der Waals surface area contributed by atoms with Crippen molar-refractivity contribution in [1.29, 1.82) is 0 Å². The molecule has 0 aliphatic heterocycles. The van der Waals surface area contributed by atoms with Gasteiger partial charge in [0.25, 0.3) is 0 Å². The van der Waals surface area contributed by atoms with Gasteiger partial charge in [0.1, 0.15) is 17.4 Å². The van der Waals surface area contributed by atoms with Crippen molar-refractivity contribution in [1.82, 2.24) is 30.2 Å². The van der Waals surface area contributed by atoms with Crippen molar-refractivity contribution >= 4 is 35.1 Å². The van der Waals surface area contributed by atoms with Gasteiger partial charge < -0.3 is 19.9 Å². The van der Waals surface area contributed by atoms with Gasteiger partial charge in [-0.15, -0.1) is 5.10 Å². The van der Waals surface area contributed by atoms with E-state index < -0.39 is 0 Å². The van der Waals surface area contributed by atoms with E-state index in [2.05, 4.69) is 30.7 Å². The first-order valence-corrected chi connectivity index (χ1v) is 8.10. The third-order valence-corrected chi connectivity index (χ3v) is 4.26. The molecule has 0 aliphatic rings. The Balaban J connectivity index is 1.86. The predicted octanol–water partition coefficient (Wildman–Crippen LogP) is 0.962. The van der Waals surface area contributed by atoms with Crippen LogP contribution in [-0.2, 0) is 36.2 Å². The molecule has 0 fully saturated rings. The second-order valence-corrected chi connectivity index (χ2v) is 5.86. The van der Waals surface area contributed by atoms with Crippen LogP contribution in [0.25, 0.3) is 0 Å². The number of esters is 1. The number of aliphatic imine (C=N–C) groups is 1. The zero-order chi connectivity index (χ0) is 18.4. The Morgan fingerprint density at radius 2 is 2.08 bits per heavy atom. The lowest BCUT2D eigenvalue weighted by Gasteiger charge is -2.11. The zero-order valence-corrected chi connectivity index (χ0v) is 15.6. The van der Waals surface area contributed by atoms with Gasteiger partial charge in [0, 0.05) is 19.8 Å². The summed E-state index contributed by atoms with van der Waals surface area (Å²) in [5.74, 6) is 0.192. The van der Waals surface area contributed by atoms with Crippen LogP contribution in [0.2, 0.25) is 10.2 Å². The molecule has 25 heavy (non-hydrogen) atoms. The van der Waals surface area contributed by atoms with Crippen LogP contribution in [0.4, 0.5) is 0 Å². The minimum Gasteiger partial charge on any atom is -0.468 e. The van der Waals surface area contributed by atoms with Gasteiger partial charge in [-0.25, -0.2) is 4.68 Å². The van der Waals surface area contributed by atoms with Gasteiger partial charge in [0.2, 0.25) is 0 Å². The number of halogens is 2. The van der Waals surface area contributed by atoms with Gasteiger partial charge in [-0.1, -0.05) is 28.4 Å². The standard InChI is InChI=1S/C14H19Cl2N7O2/c1-17-14(19-6-10-4-11(15)13(16)22(10)2)18-5-9-7-23(21-20-9)8-12(24)25-3/h4,7H,5-6,8H2,1-3H3,(H2,17,18,19). The maximum atomic E-state index is 11.2. The van der Waals surface area contributed by atoms with Crippen LogP contribution in [0.1, 0.15) is 11.4 Å². The highest BCUT2D eigenvalue weighted by molar-refractivity contribution is 6.41. The summed E-state index contributed by atoms with van der Waals surface area (Å²) >= 11 is 12.0. The van der Waals surface area contributed by atoms with Crippen molar-refractivity contribution in [3.8, 4) is 0 Å². The smallest absolute Gasteiger partial charge is 0.327 e. The number of aromatic nitrogens is 4. The number of nitrogens with zero attached hydrogens (tertiary/aromatic N) is 5. The van der Waals surface area contributed by atoms with Crippen molar-refractivity contribution in [2.75, 3.05) is 14.2 Å². The van der Waals surface area contributed by atoms with Crippen LogP contribution >= 0.6 is 23.2 Å². The molecule has 2 N–H and O–H groups in total. The number of rotatable bonds is 6. The molecule has 2 aromatic heterocycles. The van der Waals surface area contributed by atoms with E-state index in [0.29, 0.717) is 34.9 Å². The van der Waals surface area contributed by atoms with Crippen molar-refractivity contribution in [2.45, 2.75) is 19.6 Å². The minimum atomic E-state index is -0.387. The van der Waals surface area contributed by atoms with Gasteiger partial charge in [0.15, 0.2) is 5.96 Å². The van der Waals surface area contributed by atoms with Crippen LogP contribution in [0.5, 0.6) is 0 Å². The van der Waals surface area contributed by atoms with Gasteiger partial charge in [0.05, 0.1) is 31.4 Å². The molecule has 2 aromatic rings. The summed E-state index contributed by atoms with van der Waals surface area (Å²) in [4.78, 5) is 15.3. The van der Waals surface area contributed by atoms with E-state index in [0.717, 1.165) is 5.69 Å². The van der Waals surface area contributed by atoms with E-state index in [4.69, 9.17) is 23.2 Å². The molecule has 0 bridgehead atoms. The molecule has 2 heterocycles. The summed E-state index contributed by atoms with van der Waals surface area (Å²) in [5.41, 5.74) is 1.58. The first-order valence-electron chi connectivity index (χ1n) is 7.34. The highest BCUT2D eigenvalue weighted by Gasteiger charge is 2.10. The summed E-state index contributed by atoms with van der Waals surface area (Å²) in [7, 11) is 4.82. The molecule has 136 valence electrons. The van der Waals surface area contributed by atoms with Crippen molar-refractivity contribution in [3.63, 3.8) is 0 Å². The quantitative estimate of drug-likeness (QED) is 0.435. The minimum absolute atomic E-state index is 0.0193. The highest BCUT2D eigenvalue weighted by atomic mass is 35.5. The molecular formula is C14H19Cl2N7O2. The fourth-order valence-electron chi connectivity index (χ4n) is 2.02. The molecule has 0 saturated carbocycles. The van der Waals surface area contributed by atoms with Crippen LogP contribution in [0.15, 0.2) is 17.3 Å². The Hall–Kier alpha value is -2.26. The summed E-state index contributed by atoms with van der Waals surface area (Å²) in [6.45, 7) is 0.915. The number of methoxy groups -OCH3 is 1.